The molecule has 1 atom stereocenters. The maximum absolute atomic E-state index is 11.8. The highest BCUT2D eigenvalue weighted by Crippen LogP contribution is 2.07. The Hall–Kier alpha value is -2.40. The van der Waals surface area contributed by atoms with Gasteiger partial charge in [0.05, 0.1) is 19.1 Å². The molecule has 0 spiro atoms. The number of hydrogen-bond donors (Lipinski definition) is 2. The van der Waals surface area contributed by atoms with Crippen LogP contribution in [0.2, 0.25) is 0 Å². The summed E-state index contributed by atoms with van der Waals surface area (Å²) in [5, 5.41) is 12.5. The van der Waals surface area contributed by atoms with Gasteiger partial charge in [-0.2, -0.15) is 0 Å². The Labute approximate surface area is 142 Å². The van der Waals surface area contributed by atoms with Crippen LogP contribution in [0.5, 0.6) is 0 Å². The highest BCUT2D eigenvalue weighted by Gasteiger charge is 2.13. The molecule has 0 aliphatic carbocycles. The van der Waals surface area contributed by atoms with Crippen LogP contribution in [0, 0.1) is 5.92 Å². The largest absolute Gasteiger partial charge is 0.392 e. The average Bonchev–Trinajstić information content (AvgIpc) is 2.56. The molecule has 1 unspecified atom stereocenters. The molecule has 24 heavy (non-hydrogen) atoms. The van der Waals surface area contributed by atoms with Gasteiger partial charge in [0.25, 0.3) is 5.56 Å². The van der Waals surface area contributed by atoms with Crippen molar-refractivity contribution in [3.05, 3.63) is 70.1 Å². The van der Waals surface area contributed by atoms with Crippen molar-refractivity contribution in [1.82, 2.24) is 9.88 Å². The minimum absolute atomic E-state index is 0.0300. The van der Waals surface area contributed by atoms with E-state index in [0.29, 0.717) is 13.1 Å². The van der Waals surface area contributed by atoms with Crippen molar-refractivity contribution in [1.29, 1.82) is 0 Å². The zero-order valence-electron chi connectivity index (χ0n) is 14.1. The van der Waals surface area contributed by atoms with Gasteiger partial charge in [-0.25, -0.2) is 0 Å². The summed E-state index contributed by atoms with van der Waals surface area (Å²) >= 11 is 0. The molecule has 2 N–H and O–H groups in total. The van der Waals surface area contributed by atoms with E-state index in [1.54, 1.807) is 16.8 Å². The van der Waals surface area contributed by atoms with E-state index in [4.69, 9.17) is 0 Å². The van der Waals surface area contributed by atoms with Crippen molar-refractivity contribution < 1.29 is 9.90 Å². The zero-order chi connectivity index (χ0) is 17.5. The monoisotopic (exact) mass is 328 g/mol. The van der Waals surface area contributed by atoms with Gasteiger partial charge in [0, 0.05) is 18.8 Å². The van der Waals surface area contributed by atoms with Crippen molar-refractivity contribution in [3.8, 4) is 0 Å². The van der Waals surface area contributed by atoms with Crippen LogP contribution >= 0.6 is 0 Å². The fourth-order valence-corrected chi connectivity index (χ4v) is 2.25. The molecule has 0 radical (unpaired) electrons. The number of amides is 1. The van der Waals surface area contributed by atoms with Gasteiger partial charge in [-0.15, -0.1) is 0 Å². The molecule has 1 aromatic heterocycles. The van der Waals surface area contributed by atoms with Gasteiger partial charge in [-0.3, -0.25) is 9.59 Å². The van der Waals surface area contributed by atoms with Crippen molar-refractivity contribution >= 4 is 5.91 Å². The lowest BCUT2D eigenvalue weighted by Gasteiger charge is -2.14. The molecule has 0 aliphatic rings. The summed E-state index contributed by atoms with van der Waals surface area (Å²) < 4.78 is 1.64. The van der Waals surface area contributed by atoms with Crippen LogP contribution in [0.3, 0.4) is 0 Å². The number of hydrogen-bond acceptors (Lipinski definition) is 3. The average molecular weight is 328 g/mol. The standard InChI is InChI=1S/C19H24N2O3/c1-14(2)17(22)11-18(23)20-12-15-6-8-16(9-7-15)13-21-10-4-3-5-19(21)24/h3-10,14,17,22H,11-13H2,1-2H3,(H,20,23). The Morgan fingerprint density at radius 3 is 2.42 bits per heavy atom. The summed E-state index contributed by atoms with van der Waals surface area (Å²) in [5.41, 5.74) is 1.97. The number of aromatic nitrogens is 1. The lowest BCUT2D eigenvalue weighted by Crippen LogP contribution is -2.29. The number of nitrogens with one attached hydrogen (secondary N) is 1. The lowest BCUT2D eigenvalue weighted by molar-refractivity contribution is -0.123. The first-order valence-electron chi connectivity index (χ1n) is 8.14. The van der Waals surface area contributed by atoms with E-state index >= 15 is 0 Å². The van der Waals surface area contributed by atoms with Crippen LogP contribution in [-0.2, 0) is 17.9 Å². The molecule has 128 valence electrons. The highest BCUT2D eigenvalue weighted by atomic mass is 16.3. The van der Waals surface area contributed by atoms with Gasteiger partial charge in [-0.1, -0.05) is 44.2 Å². The summed E-state index contributed by atoms with van der Waals surface area (Å²) in [6.45, 7) is 4.71. The first-order valence-corrected chi connectivity index (χ1v) is 8.14. The molecule has 0 saturated carbocycles. The van der Waals surface area contributed by atoms with Crippen molar-refractivity contribution in [2.45, 2.75) is 39.5 Å². The van der Waals surface area contributed by atoms with Crippen LogP contribution in [-0.4, -0.2) is 21.7 Å². The minimum atomic E-state index is -0.614. The van der Waals surface area contributed by atoms with E-state index in [-0.39, 0.29) is 23.8 Å². The molecule has 5 heteroatoms. The molecule has 0 saturated heterocycles. The van der Waals surface area contributed by atoms with Crippen LogP contribution in [0.1, 0.15) is 31.4 Å². The number of carbonyl (C=O) groups is 1. The summed E-state index contributed by atoms with van der Waals surface area (Å²) in [6.07, 6.45) is 1.26. The fraction of sp³-hybridized carbons (Fsp3) is 0.368. The first-order chi connectivity index (χ1) is 11.5. The number of pyridine rings is 1. The maximum Gasteiger partial charge on any atom is 0.250 e. The molecule has 1 heterocycles. The smallest absolute Gasteiger partial charge is 0.250 e. The van der Waals surface area contributed by atoms with Gasteiger partial charge >= 0.3 is 0 Å². The van der Waals surface area contributed by atoms with E-state index in [1.165, 1.54) is 6.07 Å². The van der Waals surface area contributed by atoms with E-state index in [0.717, 1.165) is 11.1 Å². The third-order valence-electron chi connectivity index (χ3n) is 3.93. The van der Waals surface area contributed by atoms with Crippen LogP contribution in [0.25, 0.3) is 0 Å². The Morgan fingerprint density at radius 1 is 1.12 bits per heavy atom. The van der Waals surface area contributed by atoms with Gasteiger partial charge in [-0.05, 0) is 23.1 Å². The first kappa shape index (κ1) is 17.9. The normalized spacial score (nSPS) is 12.2. The van der Waals surface area contributed by atoms with Crippen molar-refractivity contribution in [2.75, 3.05) is 0 Å². The van der Waals surface area contributed by atoms with Gasteiger partial charge in [0.15, 0.2) is 0 Å². The second kappa shape index (κ2) is 8.45. The second-order valence-electron chi connectivity index (χ2n) is 6.28. The van der Waals surface area contributed by atoms with Crippen LogP contribution < -0.4 is 10.9 Å². The molecule has 0 bridgehead atoms. The summed E-state index contributed by atoms with van der Waals surface area (Å²) in [7, 11) is 0. The molecule has 5 nitrogen and oxygen atoms in total. The third-order valence-corrected chi connectivity index (χ3v) is 3.93. The SMILES string of the molecule is CC(C)C(O)CC(=O)NCc1ccc(Cn2ccccc2=O)cc1. The number of aliphatic hydroxyl groups excluding tert-OH is 1. The Balaban J connectivity index is 1.87. The van der Waals surface area contributed by atoms with E-state index in [9.17, 15) is 14.7 Å². The van der Waals surface area contributed by atoms with E-state index in [1.807, 2.05) is 44.2 Å². The summed E-state index contributed by atoms with van der Waals surface area (Å²) in [5.74, 6) is -0.0902. The molecule has 1 aromatic carbocycles. The second-order valence-corrected chi connectivity index (χ2v) is 6.28. The zero-order valence-corrected chi connectivity index (χ0v) is 14.1. The predicted molar refractivity (Wildman–Crippen MR) is 93.6 cm³/mol. The molecule has 0 aliphatic heterocycles. The van der Waals surface area contributed by atoms with Crippen LogP contribution in [0.15, 0.2) is 53.5 Å². The summed E-state index contributed by atoms with van der Waals surface area (Å²) in [6, 6.07) is 12.9. The number of rotatable bonds is 7. The van der Waals surface area contributed by atoms with Crippen molar-refractivity contribution in [3.63, 3.8) is 0 Å². The Bertz CT molecular complexity index is 720. The Morgan fingerprint density at radius 2 is 1.79 bits per heavy atom. The van der Waals surface area contributed by atoms with E-state index < -0.39 is 6.10 Å². The van der Waals surface area contributed by atoms with Gasteiger partial charge < -0.3 is 15.0 Å². The van der Waals surface area contributed by atoms with E-state index in [2.05, 4.69) is 5.32 Å². The number of benzene rings is 1. The fourth-order valence-electron chi connectivity index (χ4n) is 2.25. The highest BCUT2D eigenvalue weighted by molar-refractivity contribution is 5.76. The van der Waals surface area contributed by atoms with Crippen LogP contribution in [0.4, 0.5) is 0 Å². The molecular formula is C19H24N2O3. The molecular weight excluding hydrogens is 304 g/mol. The molecule has 1 amide bonds. The topological polar surface area (TPSA) is 71.3 Å². The molecule has 2 rings (SSSR count). The number of aliphatic hydroxyl groups is 1. The molecule has 0 fully saturated rings. The minimum Gasteiger partial charge on any atom is -0.392 e. The third kappa shape index (κ3) is 5.35. The van der Waals surface area contributed by atoms with Crippen molar-refractivity contribution in [2.24, 2.45) is 5.92 Å². The summed E-state index contributed by atoms with van der Waals surface area (Å²) in [4.78, 5) is 23.5. The molecule has 2 aromatic rings. The number of carbonyl (C=O) groups excluding carboxylic acids is 1. The quantitative estimate of drug-likeness (QED) is 0.816. The lowest BCUT2D eigenvalue weighted by atomic mass is 10.0. The Kier molecular flexibility index (Phi) is 6.32. The predicted octanol–water partition coefficient (Wildman–Crippen LogP) is 1.92. The van der Waals surface area contributed by atoms with Gasteiger partial charge in [0.1, 0.15) is 0 Å². The van der Waals surface area contributed by atoms with Gasteiger partial charge in [0.2, 0.25) is 5.91 Å². The maximum atomic E-state index is 11.8. The number of nitrogens with zero attached hydrogens (tertiary/aromatic N) is 1.